The standard InChI is InChI=1S/C24H23N3O2/c1-29-23-17-26(18-27(25-23)22-10-6-3-7-11-22)16-19-12-14-21(15-13-19)24(28)20-8-4-2-5-9-20/h2-15,17,25H,16,18H2,1H3. The Morgan fingerprint density at radius 2 is 1.52 bits per heavy atom. The van der Waals surface area contributed by atoms with Gasteiger partial charge >= 0.3 is 0 Å². The number of nitrogens with one attached hydrogen (secondary N) is 1. The summed E-state index contributed by atoms with van der Waals surface area (Å²) in [6.07, 6.45) is 1.96. The van der Waals surface area contributed by atoms with Crippen LogP contribution in [0.15, 0.2) is 97.0 Å². The summed E-state index contributed by atoms with van der Waals surface area (Å²) in [5.74, 6) is 0.715. The van der Waals surface area contributed by atoms with Crippen molar-refractivity contribution in [3.8, 4) is 0 Å². The highest BCUT2D eigenvalue weighted by atomic mass is 16.5. The van der Waals surface area contributed by atoms with Crippen molar-refractivity contribution in [2.75, 3.05) is 18.8 Å². The van der Waals surface area contributed by atoms with Crippen LogP contribution in [-0.2, 0) is 11.3 Å². The van der Waals surface area contributed by atoms with Gasteiger partial charge in [0.2, 0.25) is 5.88 Å². The molecule has 1 aliphatic heterocycles. The largest absolute Gasteiger partial charge is 0.480 e. The van der Waals surface area contributed by atoms with Gasteiger partial charge in [-0.1, -0.05) is 72.8 Å². The Balaban J connectivity index is 1.47. The van der Waals surface area contributed by atoms with E-state index in [-0.39, 0.29) is 5.78 Å². The average Bonchev–Trinajstić information content (AvgIpc) is 2.80. The first-order valence-electron chi connectivity index (χ1n) is 9.51. The van der Waals surface area contributed by atoms with Crippen LogP contribution in [0.4, 0.5) is 5.69 Å². The van der Waals surface area contributed by atoms with Crippen molar-refractivity contribution in [3.63, 3.8) is 0 Å². The number of nitrogens with zero attached hydrogens (tertiary/aromatic N) is 2. The van der Waals surface area contributed by atoms with Crippen LogP contribution in [-0.4, -0.2) is 24.5 Å². The SMILES string of the molecule is COC1=CN(Cc2ccc(C(=O)c3ccccc3)cc2)CN(c2ccccc2)N1. The number of benzene rings is 3. The first kappa shape index (κ1) is 18.6. The Hall–Kier alpha value is -3.73. The van der Waals surface area contributed by atoms with Crippen LogP contribution >= 0.6 is 0 Å². The summed E-state index contributed by atoms with van der Waals surface area (Å²) in [6, 6.07) is 27.3. The fourth-order valence-corrected chi connectivity index (χ4v) is 3.29. The van der Waals surface area contributed by atoms with Gasteiger partial charge in [-0.3, -0.25) is 15.2 Å². The Morgan fingerprint density at radius 1 is 0.897 bits per heavy atom. The smallest absolute Gasteiger partial charge is 0.222 e. The Kier molecular flexibility index (Phi) is 5.47. The number of hydrogen-bond donors (Lipinski definition) is 1. The number of rotatable bonds is 6. The minimum atomic E-state index is 0.0381. The van der Waals surface area contributed by atoms with Crippen LogP contribution < -0.4 is 10.4 Å². The van der Waals surface area contributed by atoms with Crippen LogP contribution in [0.1, 0.15) is 21.5 Å². The third kappa shape index (κ3) is 4.41. The molecule has 1 heterocycles. The third-order valence-electron chi connectivity index (χ3n) is 4.79. The maximum atomic E-state index is 12.6. The number of anilines is 1. The van der Waals surface area contributed by atoms with Crippen LogP contribution in [0.25, 0.3) is 0 Å². The molecule has 3 aromatic carbocycles. The number of hydrazine groups is 1. The molecule has 146 valence electrons. The van der Waals surface area contributed by atoms with Crippen LogP contribution in [0.5, 0.6) is 0 Å². The van der Waals surface area contributed by atoms with Gasteiger partial charge in [0.15, 0.2) is 5.78 Å². The number of hydrogen-bond acceptors (Lipinski definition) is 5. The molecule has 3 aromatic rings. The van der Waals surface area contributed by atoms with Crippen molar-refractivity contribution in [3.05, 3.63) is 114 Å². The quantitative estimate of drug-likeness (QED) is 0.646. The maximum Gasteiger partial charge on any atom is 0.222 e. The molecule has 0 amide bonds. The van der Waals surface area contributed by atoms with E-state index in [0.717, 1.165) is 11.3 Å². The van der Waals surface area contributed by atoms with E-state index in [4.69, 9.17) is 4.74 Å². The monoisotopic (exact) mass is 385 g/mol. The molecule has 0 saturated heterocycles. The molecule has 0 spiro atoms. The fourth-order valence-electron chi connectivity index (χ4n) is 3.29. The first-order chi connectivity index (χ1) is 14.2. The van der Waals surface area contributed by atoms with E-state index in [1.807, 2.05) is 96.1 Å². The van der Waals surface area contributed by atoms with Gasteiger partial charge < -0.3 is 9.64 Å². The van der Waals surface area contributed by atoms with E-state index < -0.39 is 0 Å². The fraction of sp³-hybridized carbons (Fsp3) is 0.125. The maximum absolute atomic E-state index is 12.6. The predicted octanol–water partition coefficient (Wildman–Crippen LogP) is 4.15. The van der Waals surface area contributed by atoms with Crippen molar-refractivity contribution < 1.29 is 9.53 Å². The summed E-state index contributed by atoms with van der Waals surface area (Å²) >= 11 is 0. The Morgan fingerprint density at radius 3 is 2.17 bits per heavy atom. The van der Waals surface area contributed by atoms with E-state index in [1.165, 1.54) is 0 Å². The lowest BCUT2D eigenvalue weighted by Crippen LogP contribution is -2.48. The van der Waals surface area contributed by atoms with Crippen molar-refractivity contribution in [1.82, 2.24) is 10.3 Å². The van der Waals surface area contributed by atoms with Gasteiger partial charge in [0, 0.05) is 17.7 Å². The lowest BCUT2D eigenvalue weighted by molar-refractivity contribution is 0.103. The highest BCUT2D eigenvalue weighted by molar-refractivity contribution is 6.08. The van der Waals surface area contributed by atoms with Crippen LogP contribution in [0.2, 0.25) is 0 Å². The molecule has 0 fully saturated rings. The molecule has 0 unspecified atom stereocenters. The number of carbonyl (C=O) groups is 1. The van der Waals surface area contributed by atoms with Crippen molar-refractivity contribution in [2.24, 2.45) is 0 Å². The van der Waals surface area contributed by atoms with Crippen molar-refractivity contribution in [1.29, 1.82) is 0 Å². The number of ketones is 1. The highest BCUT2D eigenvalue weighted by Crippen LogP contribution is 2.19. The molecule has 0 bridgehead atoms. The molecule has 1 aliphatic rings. The van der Waals surface area contributed by atoms with Gasteiger partial charge in [0.25, 0.3) is 0 Å². The minimum Gasteiger partial charge on any atom is -0.480 e. The van der Waals surface area contributed by atoms with Crippen molar-refractivity contribution >= 4 is 11.5 Å². The van der Waals surface area contributed by atoms with Gasteiger partial charge in [0.1, 0.15) is 6.67 Å². The molecule has 0 aliphatic carbocycles. The van der Waals surface area contributed by atoms with Crippen LogP contribution in [0.3, 0.4) is 0 Å². The third-order valence-corrected chi connectivity index (χ3v) is 4.79. The molecular weight excluding hydrogens is 362 g/mol. The summed E-state index contributed by atoms with van der Waals surface area (Å²) in [5, 5.41) is 2.03. The summed E-state index contributed by atoms with van der Waals surface area (Å²) in [7, 11) is 1.65. The average molecular weight is 385 g/mol. The molecular formula is C24H23N3O2. The highest BCUT2D eigenvalue weighted by Gasteiger charge is 2.18. The van der Waals surface area contributed by atoms with E-state index in [9.17, 15) is 4.79 Å². The van der Waals surface area contributed by atoms with Gasteiger partial charge in [0.05, 0.1) is 19.0 Å². The first-order valence-corrected chi connectivity index (χ1v) is 9.51. The molecule has 0 radical (unpaired) electrons. The van der Waals surface area contributed by atoms with Gasteiger partial charge in [-0.2, -0.15) is 0 Å². The number of methoxy groups -OCH3 is 1. The van der Waals surface area contributed by atoms with E-state index in [0.29, 0.717) is 30.2 Å². The number of ether oxygens (including phenoxy) is 1. The van der Waals surface area contributed by atoms with Gasteiger partial charge in [-0.05, 0) is 17.7 Å². The van der Waals surface area contributed by atoms with E-state index in [2.05, 4.69) is 10.3 Å². The predicted molar refractivity (Wildman–Crippen MR) is 114 cm³/mol. The number of carbonyl (C=O) groups excluding carboxylic acids is 1. The zero-order chi connectivity index (χ0) is 20.1. The normalized spacial score (nSPS) is 13.5. The Labute approximate surface area is 170 Å². The van der Waals surface area contributed by atoms with Gasteiger partial charge in [-0.15, -0.1) is 0 Å². The lowest BCUT2D eigenvalue weighted by Gasteiger charge is -2.37. The molecule has 0 aromatic heterocycles. The summed E-state index contributed by atoms with van der Waals surface area (Å²) < 4.78 is 5.43. The molecule has 0 atom stereocenters. The zero-order valence-corrected chi connectivity index (χ0v) is 16.3. The van der Waals surface area contributed by atoms with Crippen molar-refractivity contribution in [2.45, 2.75) is 6.54 Å². The molecule has 1 N–H and O–H groups in total. The Bertz CT molecular complexity index is 986. The molecule has 29 heavy (non-hydrogen) atoms. The van der Waals surface area contributed by atoms with Gasteiger partial charge in [-0.25, -0.2) is 0 Å². The molecule has 5 nitrogen and oxygen atoms in total. The topological polar surface area (TPSA) is 44.8 Å². The second-order valence-electron chi connectivity index (χ2n) is 6.85. The number of para-hydroxylation sites is 1. The molecule has 0 saturated carbocycles. The lowest BCUT2D eigenvalue weighted by atomic mass is 10.0. The molecule has 4 rings (SSSR count). The van der Waals surface area contributed by atoms with Crippen LogP contribution in [0, 0.1) is 0 Å². The summed E-state index contributed by atoms with van der Waals surface area (Å²) in [4.78, 5) is 14.7. The minimum absolute atomic E-state index is 0.0381. The second-order valence-corrected chi connectivity index (χ2v) is 6.85. The molecule has 5 heteroatoms. The zero-order valence-electron chi connectivity index (χ0n) is 16.3. The summed E-state index contributed by atoms with van der Waals surface area (Å²) in [6.45, 7) is 1.37. The van der Waals surface area contributed by atoms with E-state index in [1.54, 1.807) is 7.11 Å². The van der Waals surface area contributed by atoms with E-state index >= 15 is 0 Å². The summed E-state index contributed by atoms with van der Waals surface area (Å²) in [5.41, 5.74) is 6.84. The second kappa shape index (κ2) is 8.52.